The van der Waals surface area contributed by atoms with Crippen molar-refractivity contribution in [3.63, 3.8) is 0 Å². The highest BCUT2D eigenvalue weighted by Gasteiger charge is 2.24. The number of halogens is 1. The number of hydrogen-bond donors (Lipinski definition) is 1. The van der Waals surface area contributed by atoms with Crippen molar-refractivity contribution in [2.45, 2.75) is 13.0 Å². The van der Waals surface area contributed by atoms with Crippen LogP contribution < -0.4 is 10.7 Å². The maximum Gasteiger partial charge on any atom is 0.276 e. The second kappa shape index (κ2) is 8.35. The van der Waals surface area contributed by atoms with Crippen LogP contribution in [0.15, 0.2) is 77.9 Å². The van der Waals surface area contributed by atoms with Gasteiger partial charge in [0.05, 0.1) is 0 Å². The van der Waals surface area contributed by atoms with Crippen molar-refractivity contribution in [1.29, 1.82) is 0 Å². The molecule has 7 nitrogen and oxygen atoms in total. The van der Waals surface area contributed by atoms with E-state index >= 15 is 0 Å². The number of imidazole rings is 1. The highest BCUT2D eigenvalue weighted by atomic mass is 19.1. The average molecular weight is 417 g/mol. The Morgan fingerprint density at radius 1 is 1.10 bits per heavy atom. The maximum atomic E-state index is 14.3. The monoisotopic (exact) mass is 417 g/mol. The lowest BCUT2D eigenvalue weighted by atomic mass is 10.1. The van der Waals surface area contributed by atoms with Gasteiger partial charge in [-0.3, -0.25) is 9.59 Å². The first-order chi connectivity index (χ1) is 15.0. The number of nitrogens with one attached hydrogen (secondary N) is 1. The fourth-order valence-electron chi connectivity index (χ4n) is 3.37. The highest BCUT2D eigenvalue weighted by Crippen LogP contribution is 2.20. The summed E-state index contributed by atoms with van der Waals surface area (Å²) in [6.45, 7) is 1.63. The van der Waals surface area contributed by atoms with E-state index in [0.717, 1.165) is 5.56 Å². The lowest BCUT2D eigenvalue weighted by molar-refractivity contribution is 0.0933. The van der Waals surface area contributed by atoms with Gasteiger partial charge in [-0.15, -0.1) is 0 Å². The van der Waals surface area contributed by atoms with E-state index in [-0.39, 0.29) is 11.4 Å². The molecule has 8 heteroatoms. The van der Waals surface area contributed by atoms with Crippen molar-refractivity contribution >= 4 is 5.91 Å². The average Bonchev–Trinajstić information content (AvgIpc) is 3.19. The summed E-state index contributed by atoms with van der Waals surface area (Å²) in [4.78, 5) is 30.0. The fourth-order valence-corrected chi connectivity index (χ4v) is 3.37. The second-order valence-electron chi connectivity index (χ2n) is 7.08. The van der Waals surface area contributed by atoms with Crippen LogP contribution in [0.1, 0.15) is 33.6 Å². The van der Waals surface area contributed by atoms with Crippen LogP contribution >= 0.6 is 0 Å². The van der Waals surface area contributed by atoms with E-state index in [4.69, 9.17) is 0 Å². The van der Waals surface area contributed by atoms with Crippen LogP contribution in [0, 0.1) is 12.7 Å². The van der Waals surface area contributed by atoms with Crippen molar-refractivity contribution in [3.05, 3.63) is 112 Å². The van der Waals surface area contributed by atoms with Gasteiger partial charge < -0.3 is 9.88 Å². The third kappa shape index (κ3) is 4.00. The van der Waals surface area contributed by atoms with Gasteiger partial charge in [-0.25, -0.2) is 14.1 Å². The third-order valence-electron chi connectivity index (χ3n) is 4.93. The molecule has 1 N–H and O–H groups in total. The van der Waals surface area contributed by atoms with Gasteiger partial charge in [0, 0.05) is 31.2 Å². The molecule has 2 aromatic heterocycles. The van der Waals surface area contributed by atoms with Crippen LogP contribution in [0.2, 0.25) is 0 Å². The van der Waals surface area contributed by atoms with Crippen LogP contribution in [0.4, 0.5) is 4.39 Å². The summed E-state index contributed by atoms with van der Waals surface area (Å²) in [5.41, 5.74) is 0.484. The van der Waals surface area contributed by atoms with E-state index in [1.807, 2.05) is 37.4 Å². The maximum absolute atomic E-state index is 14.3. The Labute approximate surface area is 177 Å². The fraction of sp³-hybridized carbons (Fsp3) is 0.130. The summed E-state index contributed by atoms with van der Waals surface area (Å²) < 4.78 is 17.3. The molecule has 0 saturated carbocycles. The number of carbonyl (C=O) groups is 1. The molecule has 4 rings (SSSR count). The molecule has 0 radical (unpaired) electrons. The minimum absolute atomic E-state index is 0.151. The zero-order valence-electron chi connectivity index (χ0n) is 17.0. The van der Waals surface area contributed by atoms with Gasteiger partial charge in [0.15, 0.2) is 5.69 Å². The Kier molecular flexibility index (Phi) is 5.44. The summed E-state index contributed by atoms with van der Waals surface area (Å²) in [5.74, 6) is -0.587. The molecular formula is C23H20FN5O2. The van der Waals surface area contributed by atoms with Gasteiger partial charge in [-0.05, 0) is 24.6 Å². The zero-order chi connectivity index (χ0) is 22.0. The number of aromatic nitrogens is 4. The predicted molar refractivity (Wildman–Crippen MR) is 113 cm³/mol. The molecule has 156 valence electrons. The first-order valence-electron chi connectivity index (χ1n) is 9.64. The van der Waals surface area contributed by atoms with Crippen molar-refractivity contribution in [2.75, 3.05) is 0 Å². The highest BCUT2D eigenvalue weighted by molar-refractivity contribution is 5.92. The number of nitrogens with zero attached hydrogens (tertiary/aromatic N) is 4. The Morgan fingerprint density at radius 3 is 2.48 bits per heavy atom. The molecule has 0 aliphatic rings. The molecule has 0 saturated heterocycles. The number of hydrogen-bond acceptors (Lipinski definition) is 4. The van der Waals surface area contributed by atoms with E-state index in [9.17, 15) is 14.0 Å². The van der Waals surface area contributed by atoms with Crippen LogP contribution in [-0.2, 0) is 7.05 Å². The van der Waals surface area contributed by atoms with Crippen molar-refractivity contribution in [1.82, 2.24) is 24.6 Å². The van der Waals surface area contributed by atoms with E-state index in [0.29, 0.717) is 11.5 Å². The molecule has 0 bridgehead atoms. The number of aryl methyl sites for hydroxylation is 2. The lowest BCUT2D eigenvalue weighted by Crippen LogP contribution is -2.36. The van der Waals surface area contributed by atoms with E-state index < -0.39 is 23.2 Å². The lowest BCUT2D eigenvalue weighted by Gasteiger charge is -2.19. The Morgan fingerprint density at radius 2 is 1.81 bits per heavy atom. The van der Waals surface area contributed by atoms with Gasteiger partial charge in [0.25, 0.3) is 5.91 Å². The van der Waals surface area contributed by atoms with Gasteiger partial charge >= 0.3 is 0 Å². The molecular weight excluding hydrogens is 397 g/mol. The summed E-state index contributed by atoms with van der Waals surface area (Å²) in [5, 5.41) is 7.03. The minimum atomic E-state index is -0.674. The number of benzene rings is 2. The van der Waals surface area contributed by atoms with E-state index in [1.54, 1.807) is 36.0 Å². The number of para-hydroxylation sites is 1. The molecule has 0 fully saturated rings. The van der Waals surface area contributed by atoms with Gasteiger partial charge in [-0.1, -0.05) is 42.5 Å². The first kappa shape index (κ1) is 20.2. The number of rotatable bonds is 5. The standard InChI is InChI=1S/C23H20FN5O2/c1-15-14-19(30)21(27-29(15)18-11-7-6-10-17(18)24)23(31)26-20(16-8-4-3-5-9-16)22-25-12-13-28(22)2/h3-14,20H,1-2H3,(H,26,31)/t20-/m1/s1. The van der Waals surface area contributed by atoms with Crippen LogP contribution in [0.5, 0.6) is 0 Å². The molecule has 0 spiro atoms. The van der Waals surface area contributed by atoms with Gasteiger partial charge in [0.2, 0.25) is 5.43 Å². The smallest absolute Gasteiger partial charge is 0.276 e. The predicted octanol–water partition coefficient (Wildman–Crippen LogP) is 2.93. The van der Waals surface area contributed by atoms with Crippen LogP contribution in [0.3, 0.4) is 0 Å². The largest absolute Gasteiger partial charge is 0.336 e. The molecule has 4 aromatic rings. The molecule has 2 aromatic carbocycles. The molecule has 31 heavy (non-hydrogen) atoms. The molecule has 0 aliphatic carbocycles. The van der Waals surface area contributed by atoms with E-state index in [1.165, 1.54) is 22.9 Å². The van der Waals surface area contributed by atoms with Gasteiger partial charge in [0.1, 0.15) is 23.4 Å². The van der Waals surface area contributed by atoms with Gasteiger partial charge in [-0.2, -0.15) is 5.10 Å². The topological polar surface area (TPSA) is 81.8 Å². The van der Waals surface area contributed by atoms with Crippen molar-refractivity contribution in [3.8, 4) is 5.69 Å². The quantitative estimate of drug-likeness (QED) is 0.541. The molecule has 1 amide bonds. The molecule has 2 heterocycles. The molecule has 0 aliphatic heterocycles. The van der Waals surface area contributed by atoms with E-state index in [2.05, 4.69) is 15.4 Å². The van der Waals surface area contributed by atoms with Crippen molar-refractivity contribution < 1.29 is 9.18 Å². The summed E-state index contributed by atoms with van der Waals surface area (Å²) >= 11 is 0. The summed E-state index contributed by atoms with van der Waals surface area (Å²) in [6, 6.07) is 16.0. The van der Waals surface area contributed by atoms with Crippen LogP contribution in [-0.4, -0.2) is 25.2 Å². The SMILES string of the molecule is Cc1cc(=O)c(C(=O)N[C@H](c2ccccc2)c2nccn2C)nn1-c1ccccc1F. The van der Waals surface area contributed by atoms with Crippen molar-refractivity contribution in [2.24, 2.45) is 7.05 Å². The van der Waals surface area contributed by atoms with Crippen LogP contribution in [0.25, 0.3) is 5.69 Å². The third-order valence-corrected chi connectivity index (χ3v) is 4.93. The normalized spacial score (nSPS) is 11.8. The Hall–Kier alpha value is -4.07. The first-order valence-corrected chi connectivity index (χ1v) is 9.64. The summed E-state index contributed by atoms with van der Waals surface area (Å²) in [7, 11) is 1.82. The zero-order valence-corrected chi connectivity index (χ0v) is 17.0. The second-order valence-corrected chi connectivity index (χ2v) is 7.08. The Bertz CT molecular complexity index is 1300. The summed E-state index contributed by atoms with van der Waals surface area (Å²) in [6.07, 6.45) is 3.40. The Balaban J connectivity index is 1.75. The minimum Gasteiger partial charge on any atom is -0.336 e. The molecule has 1 atom stereocenters. The molecule has 0 unspecified atom stereocenters. The number of amides is 1. The number of carbonyl (C=O) groups excluding carboxylic acids is 1.